The summed E-state index contributed by atoms with van der Waals surface area (Å²) in [7, 11) is 0. The number of aromatic nitrogens is 1. The number of fused-ring (bicyclic) bond motifs is 5. The summed E-state index contributed by atoms with van der Waals surface area (Å²) >= 11 is 0. The van der Waals surface area contributed by atoms with Crippen LogP contribution in [0.5, 0.6) is 0 Å². The van der Waals surface area contributed by atoms with E-state index < -0.39 is 17.4 Å². The minimum Gasteiger partial charge on any atom is -0.276 e. The molecular formula is C24H29N4O3+. The Morgan fingerprint density at radius 2 is 2.03 bits per heavy atom. The number of piperidine rings is 1. The number of hydrogen-bond donors (Lipinski definition) is 1. The molecule has 2 aromatic rings. The number of nitrogens with one attached hydrogen (secondary N) is 2. The molecule has 2 atom stereocenters. The number of carbonyl (C=O) groups is 3. The molecule has 4 heterocycles. The van der Waals surface area contributed by atoms with E-state index in [4.69, 9.17) is 0 Å². The molecule has 2 N–H and O–H groups in total. The van der Waals surface area contributed by atoms with Crippen LogP contribution in [0, 0.1) is 12.3 Å². The van der Waals surface area contributed by atoms with Crippen molar-refractivity contribution in [3.8, 4) is 0 Å². The van der Waals surface area contributed by atoms with E-state index in [1.54, 1.807) is 0 Å². The maximum absolute atomic E-state index is 13.8. The molecule has 0 aliphatic carbocycles. The number of pyridine rings is 1. The number of unbranched alkanes of at least 4 members (excludes halogenated alkanes) is 1. The van der Waals surface area contributed by atoms with Gasteiger partial charge in [-0.15, -0.1) is 0 Å². The van der Waals surface area contributed by atoms with Crippen LogP contribution in [0.1, 0.15) is 50.2 Å². The van der Waals surface area contributed by atoms with E-state index in [-0.39, 0.29) is 11.9 Å². The first-order valence-corrected chi connectivity index (χ1v) is 11.4. The Labute approximate surface area is 181 Å². The zero-order chi connectivity index (χ0) is 21.8. The van der Waals surface area contributed by atoms with Gasteiger partial charge in [-0.3, -0.25) is 24.7 Å². The Bertz CT molecular complexity index is 1100. The molecule has 5 rings (SSSR count). The lowest BCUT2D eigenvalue weighted by atomic mass is 9.66. The number of barbiturate groups is 1. The van der Waals surface area contributed by atoms with Crippen molar-refractivity contribution in [1.82, 2.24) is 10.2 Å². The van der Waals surface area contributed by atoms with Gasteiger partial charge < -0.3 is 0 Å². The number of H-pyrrole nitrogens is 1. The monoisotopic (exact) mass is 421 g/mol. The first-order chi connectivity index (χ1) is 15.0. The Morgan fingerprint density at radius 1 is 1.19 bits per heavy atom. The highest BCUT2D eigenvalue weighted by Crippen LogP contribution is 2.46. The average molecular weight is 422 g/mol. The molecule has 31 heavy (non-hydrogen) atoms. The van der Waals surface area contributed by atoms with Crippen molar-refractivity contribution in [2.24, 2.45) is 5.41 Å². The molecule has 7 nitrogen and oxygen atoms in total. The van der Waals surface area contributed by atoms with Crippen LogP contribution in [-0.4, -0.2) is 41.9 Å². The van der Waals surface area contributed by atoms with Crippen molar-refractivity contribution in [2.45, 2.75) is 58.4 Å². The van der Waals surface area contributed by atoms with Gasteiger partial charge in [0.15, 0.2) is 5.41 Å². The molecule has 0 saturated carbocycles. The number of rotatable bonds is 3. The van der Waals surface area contributed by atoms with Gasteiger partial charge in [-0.1, -0.05) is 25.0 Å². The normalized spacial score (nSPS) is 25.6. The van der Waals surface area contributed by atoms with E-state index in [9.17, 15) is 14.4 Å². The summed E-state index contributed by atoms with van der Waals surface area (Å²) in [5.41, 5.74) is 1.90. The number of aryl methyl sites for hydroxylation is 1. The fourth-order valence-electron chi connectivity index (χ4n) is 5.58. The average Bonchev–Trinajstić information content (AvgIpc) is 2.76. The lowest BCUT2D eigenvalue weighted by Gasteiger charge is -2.49. The lowest BCUT2D eigenvalue weighted by molar-refractivity contribution is -0.333. The molecule has 0 bridgehead atoms. The summed E-state index contributed by atoms with van der Waals surface area (Å²) in [6, 6.07) is 7.55. The summed E-state index contributed by atoms with van der Waals surface area (Å²) in [5.74, 6) is 0.230. The zero-order valence-corrected chi connectivity index (χ0v) is 18.2. The molecule has 0 radical (unpaired) electrons. The van der Waals surface area contributed by atoms with Crippen LogP contribution >= 0.6 is 0 Å². The van der Waals surface area contributed by atoms with E-state index in [1.165, 1.54) is 4.90 Å². The van der Waals surface area contributed by atoms with Crippen molar-refractivity contribution in [1.29, 1.82) is 0 Å². The number of nitrogens with zero attached hydrogens (tertiary/aromatic N) is 2. The van der Waals surface area contributed by atoms with Crippen LogP contribution < -0.4 is 15.2 Å². The maximum atomic E-state index is 13.8. The highest BCUT2D eigenvalue weighted by Gasteiger charge is 2.65. The topological polar surface area (TPSA) is 83.9 Å². The van der Waals surface area contributed by atoms with Gasteiger partial charge in [-0.25, -0.2) is 9.78 Å². The third-order valence-corrected chi connectivity index (χ3v) is 7.16. The molecule has 0 unspecified atom stereocenters. The first-order valence-electron chi connectivity index (χ1n) is 11.4. The van der Waals surface area contributed by atoms with E-state index in [2.05, 4.69) is 46.4 Å². The first kappa shape index (κ1) is 20.0. The SMILES string of the molecule is CCCCN1C(=O)NC(=O)[C@]2(Cc3cc4cc(C)ccc4[nH+]c3N3CCCC[C@@H]32)C1=O. The third kappa shape index (κ3) is 2.93. The molecule has 2 saturated heterocycles. The summed E-state index contributed by atoms with van der Waals surface area (Å²) in [5, 5.41) is 3.59. The van der Waals surface area contributed by atoms with Crippen LogP contribution in [0.3, 0.4) is 0 Å². The zero-order valence-electron chi connectivity index (χ0n) is 18.2. The van der Waals surface area contributed by atoms with Gasteiger partial charge in [0.05, 0.1) is 6.54 Å². The fraction of sp³-hybridized carbons (Fsp3) is 0.500. The van der Waals surface area contributed by atoms with Gasteiger partial charge in [0.1, 0.15) is 11.6 Å². The molecule has 3 aliphatic rings. The number of anilines is 1. The summed E-state index contributed by atoms with van der Waals surface area (Å²) in [6.45, 7) is 5.21. The van der Waals surface area contributed by atoms with Crippen LogP contribution in [0.15, 0.2) is 24.3 Å². The predicted octanol–water partition coefficient (Wildman–Crippen LogP) is 2.74. The van der Waals surface area contributed by atoms with E-state index in [0.29, 0.717) is 13.0 Å². The Hall–Kier alpha value is -2.96. The van der Waals surface area contributed by atoms with E-state index >= 15 is 0 Å². The Kier molecular flexibility index (Phi) is 4.72. The van der Waals surface area contributed by atoms with Gasteiger partial charge in [-0.2, -0.15) is 0 Å². The Morgan fingerprint density at radius 3 is 2.84 bits per heavy atom. The number of imide groups is 2. The van der Waals surface area contributed by atoms with Crippen LogP contribution in [0.25, 0.3) is 10.9 Å². The van der Waals surface area contributed by atoms with E-state index in [1.807, 2.05) is 6.92 Å². The number of benzene rings is 1. The smallest absolute Gasteiger partial charge is 0.276 e. The maximum Gasteiger partial charge on any atom is 0.330 e. The number of amides is 4. The largest absolute Gasteiger partial charge is 0.330 e. The van der Waals surface area contributed by atoms with Gasteiger partial charge in [0.25, 0.3) is 11.7 Å². The second kappa shape index (κ2) is 7.32. The minimum atomic E-state index is -1.26. The van der Waals surface area contributed by atoms with Crippen LogP contribution in [0.2, 0.25) is 0 Å². The van der Waals surface area contributed by atoms with E-state index in [0.717, 1.165) is 66.5 Å². The predicted molar refractivity (Wildman–Crippen MR) is 117 cm³/mol. The van der Waals surface area contributed by atoms with Gasteiger partial charge >= 0.3 is 6.03 Å². The molecule has 2 fully saturated rings. The summed E-state index contributed by atoms with van der Waals surface area (Å²) in [4.78, 5) is 46.8. The number of hydrogen-bond acceptors (Lipinski definition) is 4. The van der Waals surface area contributed by atoms with Crippen LogP contribution in [-0.2, 0) is 16.0 Å². The third-order valence-electron chi connectivity index (χ3n) is 7.16. The second-order valence-corrected chi connectivity index (χ2v) is 9.16. The highest BCUT2D eigenvalue weighted by atomic mass is 16.2. The lowest BCUT2D eigenvalue weighted by Crippen LogP contribution is -2.73. The quantitative estimate of drug-likeness (QED) is 0.773. The van der Waals surface area contributed by atoms with Gasteiger partial charge in [-0.05, 0) is 50.8 Å². The molecule has 1 aromatic heterocycles. The van der Waals surface area contributed by atoms with Crippen LogP contribution in [0.4, 0.5) is 10.6 Å². The van der Waals surface area contributed by atoms with Crippen molar-refractivity contribution in [3.05, 3.63) is 35.4 Å². The molecule has 7 heteroatoms. The summed E-state index contributed by atoms with van der Waals surface area (Å²) in [6.07, 6.45) is 4.65. The van der Waals surface area contributed by atoms with Gasteiger partial charge in [0.2, 0.25) is 5.91 Å². The fourth-order valence-corrected chi connectivity index (χ4v) is 5.58. The molecule has 1 aromatic carbocycles. The van der Waals surface area contributed by atoms with Crippen molar-refractivity contribution in [2.75, 3.05) is 18.0 Å². The van der Waals surface area contributed by atoms with Gasteiger partial charge in [0, 0.05) is 23.9 Å². The van der Waals surface area contributed by atoms with Crippen molar-refractivity contribution in [3.63, 3.8) is 0 Å². The van der Waals surface area contributed by atoms with Crippen molar-refractivity contribution < 1.29 is 19.4 Å². The number of carbonyl (C=O) groups excluding carboxylic acids is 3. The molecule has 3 aliphatic heterocycles. The molecule has 162 valence electrons. The second-order valence-electron chi connectivity index (χ2n) is 9.16. The Balaban J connectivity index is 1.66. The highest BCUT2D eigenvalue weighted by molar-refractivity contribution is 6.20. The molecule has 4 amide bonds. The number of urea groups is 1. The standard InChI is InChI=1S/C24H28N4O3/c1-3-4-10-28-22(30)24(21(29)26-23(28)31)14-17-13-16-12-15(2)8-9-18(16)25-20(17)27-11-6-5-7-19(24)27/h8-9,12-13,19H,3-7,10-11,14H2,1-2H3,(H,26,29,31)/p+1/t19-,24-/m1/s1. The summed E-state index contributed by atoms with van der Waals surface area (Å²) < 4.78 is 0. The molecular weight excluding hydrogens is 392 g/mol. The number of aromatic amines is 1. The minimum absolute atomic E-state index is 0.252. The van der Waals surface area contributed by atoms with Crippen molar-refractivity contribution >= 4 is 34.6 Å². The molecule has 1 spiro atoms.